The summed E-state index contributed by atoms with van der Waals surface area (Å²) < 4.78 is 0. The Hall–Kier alpha value is -0.0800. The van der Waals surface area contributed by atoms with Gasteiger partial charge in [0.05, 0.1) is 0 Å². The minimum Gasteiger partial charge on any atom is -0.298 e. The monoisotopic (exact) mass is 184 g/mol. The van der Waals surface area contributed by atoms with Crippen molar-refractivity contribution in [2.45, 2.75) is 46.2 Å². The van der Waals surface area contributed by atoms with Crippen LogP contribution in [0.3, 0.4) is 0 Å². The van der Waals surface area contributed by atoms with Crippen LogP contribution in [0.25, 0.3) is 0 Å². The Labute approximate surface area is 82.9 Å². The smallest absolute Gasteiger partial charge is 0.0239 e. The largest absolute Gasteiger partial charge is 0.298 e. The summed E-state index contributed by atoms with van der Waals surface area (Å²) in [5.74, 6) is 0. The lowest BCUT2D eigenvalue weighted by Gasteiger charge is -2.32. The van der Waals surface area contributed by atoms with Crippen LogP contribution in [0.1, 0.15) is 34.1 Å². The van der Waals surface area contributed by atoms with Crippen LogP contribution in [0.4, 0.5) is 0 Å². The number of likely N-dealkylation sites (N-methyl/N-ethyl adjacent to an activating group) is 2. The molecule has 2 atom stereocenters. The zero-order valence-corrected chi connectivity index (χ0v) is 9.58. The van der Waals surface area contributed by atoms with E-state index in [1.165, 1.54) is 32.6 Å². The molecule has 0 aromatic carbocycles. The molecule has 0 N–H and O–H groups in total. The molecule has 2 aliphatic heterocycles. The van der Waals surface area contributed by atoms with Gasteiger partial charge in [-0.1, -0.05) is 27.7 Å². The number of piperazine rings is 1. The van der Waals surface area contributed by atoms with E-state index in [1.807, 2.05) is 13.8 Å². The Morgan fingerprint density at radius 1 is 0.923 bits per heavy atom. The maximum absolute atomic E-state index is 2.62. The number of fused-ring (bicyclic) bond motifs is 2. The highest BCUT2D eigenvalue weighted by molar-refractivity contribution is 4.98. The summed E-state index contributed by atoms with van der Waals surface area (Å²) in [5.41, 5.74) is 0. The Morgan fingerprint density at radius 2 is 1.31 bits per heavy atom. The van der Waals surface area contributed by atoms with Crippen molar-refractivity contribution in [1.29, 1.82) is 0 Å². The van der Waals surface area contributed by atoms with E-state index in [2.05, 4.69) is 23.6 Å². The molecule has 2 aliphatic rings. The quantitative estimate of drug-likeness (QED) is 0.646. The first kappa shape index (κ1) is 11.0. The predicted molar refractivity (Wildman–Crippen MR) is 58.0 cm³/mol. The van der Waals surface area contributed by atoms with Crippen molar-refractivity contribution in [2.75, 3.05) is 26.2 Å². The van der Waals surface area contributed by atoms with E-state index in [0.29, 0.717) is 0 Å². The molecule has 0 spiro atoms. The lowest BCUT2D eigenvalue weighted by molar-refractivity contribution is 0.138. The third kappa shape index (κ3) is 2.05. The van der Waals surface area contributed by atoms with Gasteiger partial charge >= 0.3 is 0 Å². The fourth-order valence-electron chi connectivity index (χ4n) is 2.61. The third-order valence-electron chi connectivity index (χ3n) is 3.28. The van der Waals surface area contributed by atoms with Crippen LogP contribution in [-0.4, -0.2) is 48.1 Å². The summed E-state index contributed by atoms with van der Waals surface area (Å²) >= 11 is 0. The van der Waals surface area contributed by atoms with Crippen molar-refractivity contribution in [2.24, 2.45) is 0 Å². The molecule has 0 radical (unpaired) electrons. The molecule has 2 heterocycles. The molecule has 2 rings (SSSR count). The van der Waals surface area contributed by atoms with Gasteiger partial charge in [0.25, 0.3) is 0 Å². The Morgan fingerprint density at radius 3 is 1.54 bits per heavy atom. The Bertz CT molecular complexity index is 131. The van der Waals surface area contributed by atoms with Gasteiger partial charge in [-0.25, -0.2) is 0 Å². The second-order valence-electron chi connectivity index (χ2n) is 3.72. The van der Waals surface area contributed by atoms with Gasteiger partial charge in [0.1, 0.15) is 0 Å². The highest BCUT2D eigenvalue weighted by Crippen LogP contribution is 2.29. The van der Waals surface area contributed by atoms with Gasteiger partial charge in [-0.05, 0) is 19.5 Å². The summed E-state index contributed by atoms with van der Waals surface area (Å²) in [5, 5.41) is 0. The molecule has 2 saturated heterocycles. The SMILES string of the molecule is CC.CCN1CC2CC1CN2CC. The molecule has 2 bridgehead atoms. The molecule has 0 saturated carbocycles. The zero-order valence-electron chi connectivity index (χ0n) is 9.58. The highest BCUT2D eigenvalue weighted by atomic mass is 15.3. The predicted octanol–water partition coefficient (Wildman–Crippen LogP) is 1.81. The molecular weight excluding hydrogens is 160 g/mol. The van der Waals surface area contributed by atoms with Gasteiger partial charge in [0.15, 0.2) is 0 Å². The van der Waals surface area contributed by atoms with Gasteiger partial charge in [0.2, 0.25) is 0 Å². The van der Waals surface area contributed by atoms with Crippen LogP contribution >= 0.6 is 0 Å². The second kappa shape index (κ2) is 4.97. The molecular formula is C11H24N2. The van der Waals surface area contributed by atoms with Crippen molar-refractivity contribution in [3.8, 4) is 0 Å². The fourth-order valence-corrected chi connectivity index (χ4v) is 2.61. The van der Waals surface area contributed by atoms with E-state index in [9.17, 15) is 0 Å². The number of hydrogen-bond donors (Lipinski definition) is 0. The topological polar surface area (TPSA) is 6.48 Å². The van der Waals surface area contributed by atoms with Crippen LogP contribution in [-0.2, 0) is 0 Å². The normalized spacial score (nSPS) is 33.2. The van der Waals surface area contributed by atoms with Gasteiger partial charge in [-0.15, -0.1) is 0 Å². The first-order chi connectivity index (χ1) is 6.35. The van der Waals surface area contributed by atoms with Crippen molar-refractivity contribution in [3.05, 3.63) is 0 Å². The van der Waals surface area contributed by atoms with Crippen molar-refractivity contribution >= 4 is 0 Å². The standard InChI is InChI=1S/C9H18N2.C2H6/c1-3-10-6-9-5-8(10)7-11(9)4-2;1-2/h8-9H,3-7H2,1-2H3;1-2H3. The lowest BCUT2D eigenvalue weighted by atomic mass is 10.2. The van der Waals surface area contributed by atoms with Gasteiger partial charge in [0, 0.05) is 25.2 Å². The molecule has 0 aliphatic carbocycles. The summed E-state index contributed by atoms with van der Waals surface area (Å²) in [6, 6.07) is 1.79. The van der Waals surface area contributed by atoms with Crippen LogP contribution in [0, 0.1) is 0 Å². The fraction of sp³-hybridized carbons (Fsp3) is 1.00. The number of rotatable bonds is 2. The average molecular weight is 184 g/mol. The zero-order chi connectivity index (χ0) is 9.84. The Kier molecular flexibility index (Phi) is 4.20. The minimum atomic E-state index is 0.893. The van der Waals surface area contributed by atoms with Gasteiger partial charge < -0.3 is 0 Å². The summed E-state index contributed by atoms with van der Waals surface area (Å²) in [6.45, 7) is 13.7. The number of hydrogen-bond acceptors (Lipinski definition) is 2. The van der Waals surface area contributed by atoms with E-state index >= 15 is 0 Å². The second-order valence-corrected chi connectivity index (χ2v) is 3.72. The van der Waals surface area contributed by atoms with E-state index in [-0.39, 0.29) is 0 Å². The van der Waals surface area contributed by atoms with Gasteiger partial charge in [-0.2, -0.15) is 0 Å². The molecule has 2 fully saturated rings. The van der Waals surface area contributed by atoms with E-state index in [4.69, 9.17) is 0 Å². The van der Waals surface area contributed by atoms with E-state index in [1.54, 1.807) is 0 Å². The first-order valence-corrected chi connectivity index (χ1v) is 5.83. The summed E-state index contributed by atoms with van der Waals surface area (Å²) in [7, 11) is 0. The van der Waals surface area contributed by atoms with Crippen LogP contribution in [0.2, 0.25) is 0 Å². The molecule has 0 amide bonds. The molecule has 0 aromatic rings. The molecule has 78 valence electrons. The summed E-state index contributed by atoms with van der Waals surface area (Å²) in [6.07, 6.45) is 1.43. The number of likely N-dealkylation sites (tertiary alicyclic amines) is 2. The number of nitrogens with zero attached hydrogens (tertiary/aromatic N) is 2. The van der Waals surface area contributed by atoms with Crippen LogP contribution in [0.15, 0.2) is 0 Å². The van der Waals surface area contributed by atoms with Crippen molar-refractivity contribution in [1.82, 2.24) is 9.80 Å². The van der Waals surface area contributed by atoms with Crippen LogP contribution < -0.4 is 0 Å². The Balaban J connectivity index is 0.000000396. The molecule has 0 aromatic heterocycles. The minimum absolute atomic E-state index is 0.893. The molecule has 2 nitrogen and oxygen atoms in total. The van der Waals surface area contributed by atoms with Gasteiger partial charge in [-0.3, -0.25) is 9.80 Å². The summed E-state index contributed by atoms with van der Waals surface area (Å²) in [4.78, 5) is 5.24. The van der Waals surface area contributed by atoms with E-state index < -0.39 is 0 Å². The maximum Gasteiger partial charge on any atom is 0.0239 e. The van der Waals surface area contributed by atoms with Crippen LogP contribution in [0.5, 0.6) is 0 Å². The average Bonchev–Trinajstić information content (AvgIpc) is 2.78. The lowest BCUT2D eigenvalue weighted by Crippen LogP contribution is -2.45. The molecule has 13 heavy (non-hydrogen) atoms. The van der Waals surface area contributed by atoms with E-state index in [0.717, 1.165) is 12.1 Å². The molecule has 2 unspecified atom stereocenters. The third-order valence-corrected chi connectivity index (χ3v) is 3.28. The molecule has 2 heteroatoms. The first-order valence-electron chi connectivity index (χ1n) is 5.83. The van der Waals surface area contributed by atoms with Crippen molar-refractivity contribution < 1.29 is 0 Å². The maximum atomic E-state index is 2.62. The highest BCUT2D eigenvalue weighted by Gasteiger charge is 2.41. The van der Waals surface area contributed by atoms with Crippen molar-refractivity contribution in [3.63, 3.8) is 0 Å².